The van der Waals surface area contributed by atoms with Crippen LogP contribution in [0.5, 0.6) is 5.75 Å². The Morgan fingerprint density at radius 1 is 1.13 bits per heavy atom. The fraction of sp³-hybridized carbons (Fsp3) is 0.375. The first kappa shape index (κ1) is 17.0. The zero-order valence-electron chi connectivity index (χ0n) is 13.7. The highest BCUT2D eigenvalue weighted by Gasteiger charge is 2.10. The molecule has 1 aromatic heterocycles. The van der Waals surface area contributed by atoms with Crippen molar-refractivity contribution < 1.29 is 9.13 Å². The van der Waals surface area contributed by atoms with Gasteiger partial charge in [0, 0.05) is 38.9 Å². The predicted molar refractivity (Wildman–Crippen MR) is 85.0 cm³/mol. The van der Waals surface area contributed by atoms with Crippen LogP contribution in [0.25, 0.3) is 0 Å². The third-order valence-corrected chi connectivity index (χ3v) is 3.73. The SMILES string of the molecule is COc1ccc(CN(C)Cc2cc(=O)n(C)c(=O)n2C)cc1F. The van der Waals surface area contributed by atoms with Gasteiger partial charge in [-0.05, 0) is 24.7 Å². The van der Waals surface area contributed by atoms with E-state index in [1.54, 1.807) is 19.2 Å². The van der Waals surface area contributed by atoms with Gasteiger partial charge in [-0.3, -0.25) is 18.8 Å². The van der Waals surface area contributed by atoms with Crippen molar-refractivity contribution in [3.05, 3.63) is 62.2 Å². The number of ether oxygens (including phenoxy) is 1. The van der Waals surface area contributed by atoms with Gasteiger partial charge >= 0.3 is 5.69 Å². The topological polar surface area (TPSA) is 56.5 Å². The van der Waals surface area contributed by atoms with Crippen LogP contribution in [0, 0.1) is 5.82 Å². The summed E-state index contributed by atoms with van der Waals surface area (Å²) in [6, 6.07) is 6.21. The van der Waals surface area contributed by atoms with Crippen LogP contribution in [-0.4, -0.2) is 28.2 Å². The molecule has 0 radical (unpaired) electrons. The first-order chi connectivity index (χ1) is 10.8. The Bertz CT molecular complexity index is 826. The quantitative estimate of drug-likeness (QED) is 0.820. The van der Waals surface area contributed by atoms with Crippen LogP contribution in [0.15, 0.2) is 33.9 Å². The number of methoxy groups -OCH3 is 1. The molecule has 0 aliphatic carbocycles. The zero-order valence-corrected chi connectivity index (χ0v) is 13.7. The largest absolute Gasteiger partial charge is 0.494 e. The molecular formula is C16H20FN3O3. The van der Waals surface area contributed by atoms with Gasteiger partial charge in [0.25, 0.3) is 5.56 Å². The normalized spacial score (nSPS) is 11.0. The van der Waals surface area contributed by atoms with Crippen molar-refractivity contribution in [3.8, 4) is 5.75 Å². The highest BCUT2D eigenvalue weighted by molar-refractivity contribution is 5.29. The first-order valence-electron chi connectivity index (χ1n) is 7.10. The molecule has 0 unspecified atom stereocenters. The molecule has 0 fully saturated rings. The maximum atomic E-state index is 13.7. The van der Waals surface area contributed by atoms with Crippen molar-refractivity contribution in [2.75, 3.05) is 14.2 Å². The summed E-state index contributed by atoms with van der Waals surface area (Å²) < 4.78 is 21.1. The van der Waals surface area contributed by atoms with E-state index in [0.29, 0.717) is 18.8 Å². The van der Waals surface area contributed by atoms with Gasteiger partial charge in [0.05, 0.1) is 7.11 Å². The fourth-order valence-corrected chi connectivity index (χ4v) is 2.38. The minimum absolute atomic E-state index is 0.199. The van der Waals surface area contributed by atoms with Crippen LogP contribution in [-0.2, 0) is 27.2 Å². The van der Waals surface area contributed by atoms with Crippen molar-refractivity contribution in [2.45, 2.75) is 13.1 Å². The van der Waals surface area contributed by atoms with E-state index in [9.17, 15) is 14.0 Å². The average Bonchev–Trinajstić information content (AvgIpc) is 2.50. The smallest absolute Gasteiger partial charge is 0.330 e. The van der Waals surface area contributed by atoms with Crippen molar-refractivity contribution >= 4 is 0 Å². The summed E-state index contributed by atoms with van der Waals surface area (Å²) in [5, 5.41) is 0. The minimum atomic E-state index is -0.417. The molecule has 0 bridgehead atoms. The van der Waals surface area contributed by atoms with E-state index in [4.69, 9.17) is 4.74 Å². The molecule has 0 aliphatic rings. The summed E-state index contributed by atoms with van der Waals surface area (Å²) in [6.07, 6.45) is 0. The summed E-state index contributed by atoms with van der Waals surface area (Å²) in [4.78, 5) is 25.5. The van der Waals surface area contributed by atoms with Crippen LogP contribution >= 0.6 is 0 Å². The second-order valence-electron chi connectivity index (χ2n) is 5.52. The predicted octanol–water partition coefficient (Wildman–Crippen LogP) is 0.864. The number of halogens is 1. The van der Waals surface area contributed by atoms with Gasteiger partial charge in [-0.1, -0.05) is 6.07 Å². The van der Waals surface area contributed by atoms with Gasteiger partial charge in [-0.15, -0.1) is 0 Å². The Labute approximate surface area is 133 Å². The molecular weight excluding hydrogens is 301 g/mol. The van der Waals surface area contributed by atoms with Crippen LogP contribution in [0.1, 0.15) is 11.3 Å². The number of rotatable bonds is 5. The van der Waals surface area contributed by atoms with Gasteiger partial charge in [-0.2, -0.15) is 0 Å². The molecule has 0 amide bonds. The van der Waals surface area contributed by atoms with Gasteiger partial charge in [-0.25, -0.2) is 9.18 Å². The number of hydrogen-bond acceptors (Lipinski definition) is 4. The van der Waals surface area contributed by atoms with Crippen LogP contribution < -0.4 is 16.0 Å². The summed E-state index contributed by atoms with van der Waals surface area (Å²) in [5.41, 5.74) is 0.678. The van der Waals surface area contributed by atoms with Crippen LogP contribution in [0.2, 0.25) is 0 Å². The first-order valence-corrected chi connectivity index (χ1v) is 7.10. The van der Waals surface area contributed by atoms with E-state index in [1.807, 2.05) is 11.9 Å². The maximum Gasteiger partial charge on any atom is 0.330 e. The summed E-state index contributed by atoms with van der Waals surface area (Å²) in [5.74, 6) is -0.218. The number of benzene rings is 1. The van der Waals surface area contributed by atoms with Crippen molar-refractivity contribution in [1.82, 2.24) is 14.0 Å². The molecule has 0 aliphatic heterocycles. The van der Waals surface area contributed by atoms with E-state index in [0.717, 1.165) is 10.1 Å². The minimum Gasteiger partial charge on any atom is -0.494 e. The molecule has 0 saturated carbocycles. The standard InChI is InChI=1S/C16H20FN3O3/c1-18(9-11-5-6-14(23-4)13(17)7-11)10-12-8-15(21)20(3)16(22)19(12)2/h5-8H,9-10H2,1-4H3. The number of hydrogen-bond donors (Lipinski definition) is 0. The van der Waals surface area contributed by atoms with Crippen LogP contribution in [0.3, 0.4) is 0 Å². The lowest BCUT2D eigenvalue weighted by atomic mass is 10.2. The lowest BCUT2D eigenvalue weighted by Crippen LogP contribution is -2.39. The third kappa shape index (κ3) is 3.68. The Morgan fingerprint density at radius 3 is 2.43 bits per heavy atom. The Morgan fingerprint density at radius 2 is 1.83 bits per heavy atom. The molecule has 0 N–H and O–H groups in total. The second kappa shape index (κ2) is 6.78. The average molecular weight is 321 g/mol. The summed E-state index contributed by atoms with van der Waals surface area (Å²) in [7, 11) is 6.32. The molecule has 0 spiro atoms. The lowest BCUT2D eigenvalue weighted by molar-refractivity contribution is 0.307. The highest BCUT2D eigenvalue weighted by atomic mass is 19.1. The van der Waals surface area contributed by atoms with Crippen molar-refractivity contribution in [1.29, 1.82) is 0 Å². The molecule has 2 aromatic rings. The molecule has 1 aromatic carbocycles. The van der Waals surface area contributed by atoms with E-state index < -0.39 is 5.82 Å². The lowest BCUT2D eigenvalue weighted by Gasteiger charge is -2.19. The fourth-order valence-electron chi connectivity index (χ4n) is 2.38. The number of aromatic nitrogens is 2. The van der Waals surface area contributed by atoms with Crippen molar-refractivity contribution in [2.24, 2.45) is 14.1 Å². The van der Waals surface area contributed by atoms with E-state index in [1.165, 1.54) is 30.9 Å². The molecule has 0 atom stereocenters. The van der Waals surface area contributed by atoms with Crippen molar-refractivity contribution in [3.63, 3.8) is 0 Å². The van der Waals surface area contributed by atoms with E-state index >= 15 is 0 Å². The second-order valence-corrected chi connectivity index (χ2v) is 5.52. The Balaban J connectivity index is 2.17. The van der Waals surface area contributed by atoms with Gasteiger partial charge in [0.1, 0.15) is 0 Å². The Kier molecular flexibility index (Phi) is 5.00. The summed E-state index contributed by atoms with van der Waals surface area (Å²) in [6.45, 7) is 0.875. The molecule has 124 valence electrons. The van der Waals surface area contributed by atoms with Crippen LogP contribution in [0.4, 0.5) is 4.39 Å². The third-order valence-electron chi connectivity index (χ3n) is 3.73. The van der Waals surface area contributed by atoms with E-state index in [-0.39, 0.29) is 17.0 Å². The van der Waals surface area contributed by atoms with Gasteiger partial charge < -0.3 is 4.74 Å². The zero-order chi connectivity index (χ0) is 17.1. The molecule has 7 heteroatoms. The molecule has 0 saturated heterocycles. The maximum absolute atomic E-state index is 13.7. The van der Waals surface area contributed by atoms with Gasteiger partial charge in [0.2, 0.25) is 0 Å². The Hall–Kier alpha value is -2.41. The summed E-state index contributed by atoms with van der Waals surface area (Å²) >= 11 is 0. The molecule has 6 nitrogen and oxygen atoms in total. The van der Waals surface area contributed by atoms with E-state index in [2.05, 4.69) is 0 Å². The monoisotopic (exact) mass is 321 g/mol. The molecule has 1 heterocycles. The number of nitrogens with zero attached hydrogens (tertiary/aromatic N) is 3. The molecule has 23 heavy (non-hydrogen) atoms. The van der Waals surface area contributed by atoms with Gasteiger partial charge in [0.15, 0.2) is 11.6 Å². The highest BCUT2D eigenvalue weighted by Crippen LogP contribution is 2.18. The molecule has 2 rings (SSSR count).